The molecule has 0 bridgehead atoms. The average Bonchev–Trinajstić information content (AvgIpc) is 2.75. The second-order valence-electron chi connectivity index (χ2n) is 7.64. The van der Waals surface area contributed by atoms with E-state index in [9.17, 15) is 0 Å². The number of halogens is 2. The topological polar surface area (TPSA) is 27.1 Å². The van der Waals surface area contributed by atoms with Gasteiger partial charge in [-0.2, -0.15) is 0 Å². The number of nitrogens with zero attached hydrogens (tertiary/aromatic N) is 2. The third-order valence-corrected chi connectivity index (χ3v) is 6.71. The highest BCUT2D eigenvalue weighted by Crippen LogP contribution is 2.37. The van der Waals surface area contributed by atoms with Crippen LogP contribution >= 0.6 is 31.9 Å². The zero-order valence-corrected chi connectivity index (χ0v) is 19.7. The summed E-state index contributed by atoms with van der Waals surface area (Å²) in [5, 5.41) is 0. The largest absolute Gasteiger partial charge is 0.412 e. The summed E-state index contributed by atoms with van der Waals surface area (Å²) in [6.45, 7) is 15.6. The van der Waals surface area contributed by atoms with E-state index in [1.807, 2.05) is 0 Å². The van der Waals surface area contributed by atoms with E-state index < -0.39 is 9.04 Å². The number of aromatic nitrogens is 2. The van der Waals surface area contributed by atoms with Gasteiger partial charge in [0.15, 0.2) is 0 Å². The van der Waals surface area contributed by atoms with E-state index in [0.717, 1.165) is 26.5 Å². The van der Waals surface area contributed by atoms with E-state index in [0.29, 0.717) is 0 Å². The summed E-state index contributed by atoms with van der Waals surface area (Å²) in [5.74, 6) is 0. The number of aryl methyl sites for hydroxylation is 1. The molecular formula is C18H27Br2N2OSi. The SMILES string of the molecule is CC[C@@H](C(O[Si](C)C)C(C)(C)C)n1cc(C)c2nc(Br)c(Br)cc21. The molecule has 2 aromatic rings. The highest BCUT2D eigenvalue weighted by atomic mass is 79.9. The third kappa shape index (κ3) is 4.14. The van der Waals surface area contributed by atoms with Gasteiger partial charge in [0.2, 0.25) is 9.04 Å². The molecule has 2 heterocycles. The van der Waals surface area contributed by atoms with Crippen LogP contribution in [0.1, 0.15) is 45.7 Å². The Morgan fingerprint density at radius 2 is 1.92 bits per heavy atom. The predicted molar refractivity (Wildman–Crippen MR) is 111 cm³/mol. The standard InChI is InChI=1S/C18H27Br2N2OSi/c1-8-13(16(18(3,4)5)23-24(6)7)22-10-11(2)15-14(22)9-12(19)17(20)21-15/h9-10,13,16H,8H2,1-7H3/t13-,16?/m0/s1. The molecule has 3 nitrogen and oxygen atoms in total. The highest BCUT2D eigenvalue weighted by molar-refractivity contribution is 9.13. The maximum atomic E-state index is 6.47. The molecule has 0 aliphatic heterocycles. The van der Waals surface area contributed by atoms with E-state index >= 15 is 0 Å². The number of pyridine rings is 1. The molecule has 0 aliphatic rings. The Hall–Kier alpha value is -0.173. The van der Waals surface area contributed by atoms with Crippen molar-refractivity contribution in [1.82, 2.24) is 9.55 Å². The zero-order chi connectivity index (χ0) is 18.2. The highest BCUT2D eigenvalue weighted by Gasteiger charge is 2.34. The Morgan fingerprint density at radius 3 is 2.42 bits per heavy atom. The van der Waals surface area contributed by atoms with Gasteiger partial charge in [-0.1, -0.05) is 27.7 Å². The molecule has 2 aromatic heterocycles. The molecule has 0 fully saturated rings. The molecule has 24 heavy (non-hydrogen) atoms. The van der Waals surface area contributed by atoms with E-state index in [1.165, 1.54) is 5.56 Å². The van der Waals surface area contributed by atoms with Gasteiger partial charge in [0.25, 0.3) is 0 Å². The molecule has 2 rings (SSSR count). The van der Waals surface area contributed by atoms with Crippen molar-refractivity contribution in [3.8, 4) is 0 Å². The minimum absolute atomic E-state index is 0.0765. The monoisotopic (exact) mass is 473 g/mol. The summed E-state index contributed by atoms with van der Waals surface area (Å²) in [4.78, 5) is 4.71. The Morgan fingerprint density at radius 1 is 1.29 bits per heavy atom. The van der Waals surface area contributed by atoms with Gasteiger partial charge in [-0.05, 0) is 75.3 Å². The minimum atomic E-state index is -0.783. The molecule has 0 saturated heterocycles. The number of hydrogen-bond donors (Lipinski definition) is 0. The summed E-state index contributed by atoms with van der Waals surface area (Å²) < 4.78 is 10.7. The van der Waals surface area contributed by atoms with Crippen LogP contribution in [0.5, 0.6) is 0 Å². The predicted octanol–water partition coefficient (Wildman–Crippen LogP) is 6.50. The van der Waals surface area contributed by atoms with E-state index in [-0.39, 0.29) is 17.6 Å². The van der Waals surface area contributed by atoms with Crippen LogP contribution in [0.15, 0.2) is 21.3 Å². The normalized spacial score (nSPS) is 15.2. The number of fused-ring (bicyclic) bond motifs is 1. The van der Waals surface area contributed by atoms with Crippen molar-refractivity contribution in [1.29, 1.82) is 0 Å². The maximum Gasteiger partial charge on any atom is 0.205 e. The molecular weight excluding hydrogens is 448 g/mol. The van der Waals surface area contributed by atoms with Gasteiger partial charge in [-0.25, -0.2) is 4.98 Å². The van der Waals surface area contributed by atoms with Crippen molar-refractivity contribution in [2.45, 2.75) is 66.3 Å². The minimum Gasteiger partial charge on any atom is -0.412 e. The van der Waals surface area contributed by atoms with Gasteiger partial charge in [0.1, 0.15) is 4.60 Å². The first-order valence-corrected chi connectivity index (χ1v) is 12.4. The Balaban J connectivity index is 2.61. The van der Waals surface area contributed by atoms with Crippen LogP contribution in [-0.2, 0) is 4.43 Å². The summed E-state index contributed by atoms with van der Waals surface area (Å²) in [7, 11) is -0.783. The fraction of sp³-hybridized carbons (Fsp3) is 0.611. The molecule has 1 unspecified atom stereocenters. The summed E-state index contributed by atoms with van der Waals surface area (Å²) >= 11 is 7.12. The van der Waals surface area contributed by atoms with Gasteiger partial charge >= 0.3 is 0 Å². The van der Waals surface area contributed by atoms with E-state index in [2.05, 4.69) is 96.4 Å². The molecule has 0 spiro atoms. The van der Waals surface area contributed by atoms with Gasteiger partial charge < -0.3 is 8.99 Å². The van der Waals surface area contributed by atoms with Crippen molar-refractivity contribution >= 4 is 51.9 Å². The zero-order valence-electron chi connectivity index (χ0n) is 15.6. The first-order valence-electron chi connectivity index (χ1n) is 8.36. The lowest BCUT2D eigenvalue weighted by Crippen LogP contribution is -2.40. The molecule has 2 atom stereocenters. The van der Waals surface area contributed by atoms with Crippen molar-refractivity contribution < 1.29 is 4.43 Å². The Kier molecular flexibility index (Phi) is 6.38. The van der Waals surface area contributed by atoms with Crippen LogP contribution in [0.25, 0.3) is 11.0 Å². The fourth-order valence-corrected chi connectivity index (χ4v) is 4.82. The Bertz CT molecular complexity index is 722. The van der Waals surface area contributed by atoms with Gasteiger partial charge in [0.05, 0.1) is 27.7 Å². The van der Waals surface area contributed by atoms with Crippen LogP contribution < -0.4 is 0 Å². The summed E-state index contributed by atoms with van der Waals surface area (Å²) in [5.41, 5.74) is 3.48. The fourth-order valence-electron chi connectivity index (χ4n) is 3.20. The quantitative estimate of drug-likeness (QED) is 0.365. The Labute approximate surface area is 164 Å². The molecule has 6 heteroatoms. The van der Waals surface area contributed by atoms with Gasteiger partial charge in [-0.3, -0.25) is 0 Å². The average molecular weight is 475 g/mol. The smallest absolute Gasteiger partial charge is 0.205 e. The lowest BCUT2D eigenvalue weighted by Gasteiger charge is -2.39. The molecule has 1 radical (unpaired) electrons. The summed E-state index contributed by atoms with van der Waals surface area (Å²) in [6.07, 6.45) is 3.42. The first-order chi connectivity index (χ1) is 11.1. The molecule has 0 aliphatic carbocycles. The van der Waals surface area contributed by atoms with Crippen LogP contribution in [0.2, 0.25) is 13.1 Å². The molecule has 133 valence electrons. The molecule has 0 amide bonds. The van der Waals surface area contributed by atoms with Crippen LogP contribution in [0, 0.1) is 12.3 Å². The first kappa shape index (κ1) is 20.1. The van der Waals surface area contributed by atoms with Crippen LogP contribution in [0.3, 0.4) is 0 Å². The van der Waals surface area contributed by atoms with Gasteiger partial charge in [0, 0.05) is 6.20 Å². The third-order valence-electron chi connectivity index (χ3n) is 4.24. The van der Waals surface area contributed by atoms with E-state index in [4.69, 9.17) is 9.41 Å². The van der Waals surface area contributed by atoms with Crippen molar-refractivity contribution in [2.75, 3.05) is 0 Å². The van der Waals surface area contributed by atoms with Crippen molar-refractivity contribution in [3.63, 3.8) is 0 Å². The molecule has 0 N–H and O–H groups in total. The lowest BCUT2D eigenvalue weighted by molar-refractivity contribution is 0.0376. The number of rotatable bonds is 5. The summed E-state index contributed by atoms with van der Waals surface area (Å²) in [6, 6.07) is 2.45. The second kappa shape index (κ2) is 7.60. The van der Waals surface area contributed by atoms with Crippen molar-refractivity contribution in [3.05, 3.63) is 26.9 Å². The second-order valence-corrected chi connectivity index (χ2v) is 11.3. The lowest BCUT2D eigenvalue weighted by atomic mass is 9.83. The van der Waals surface area contributed by atoms with Gasteiger partial charge in [-0.15, -0.1) is 0 Å². The van der Waals surface area contributed by atoms with Crippen LogP contribution in [0.4, 0.5) is 0 Å². The van der Waals surface area contributed by atoms with E-state index in [1.54, 1.807) is 0 Å². The maximum absolute atomic E-state index is 6.47. The number of hydrogen-bond acceptors (Lipinski definition) is 2. The van der Waals surface area contributed by atoms with Crippen molar-refractivity contribution in [2.24, 2.45) is 5.41 Å². The van der Waals surface area contributed by atoms with Crippen LogP contribution in [-0.4, -0.2) is 24.7 Å². The molecule has 0 aromatic carbocycles. The molecule has 0 saturated carbocycles.